The van der Waals surface area contributed by atoms with Crippen LogP contribution < -0.4 is 10.5 Å². The van der Waals surface area contributed by atoms with E-state index < -0.39 is 0 Å². The molecular formula is C32H35N3O3. The fraction of sp³-hybridized carbons (Fsp3) is 0.469. The molecule has 3 heterocycles. The van der Waals surface area contributed by atoms with Crippen molar-refractivity contribution >= 4 is 27.8 Å². The van der Waals surface area contributed by atoms with E-state index in [2.05, 4.69) is 35.8 Å². The van der Waals surface area contributed by atoms with Gasteiger partial charge in [-0.05, 0) is 93.0 Å². The van der Waals surface area contributed by atoms with Crippen molar-refractivity contribution in [3.05, 3.63) is 53.1 Å². The maximum Gasteiger partial charge on any atom is 0.254 e. The van der Waals surface area contributed by atoms with Crippen LogP contribution in [0.25, 0.3) is 33.3 Å². The lowest BCUT2D eigenvalue weighted by Gasteiger charge is -2.27. The molecule has 1 aliphatic heterocycles. The molecule has 2 N–H and O–H groups in total. The van der Waals surface area contributed by atoms with Gasteiger partial charge in [-0.3, -0.25) is 4.79 Å². The summed E-state index contributed by atoms with van der Waals surface area (Å²) in [6.45, 7) is 3.87. The monoisotopic (exact) mass is 509 g/mol. The van der Waals surface area contributed by atoms with Crippen LogP contribution in [0.3, 0.4) is 0 Å². The normalized spacial score (nSPS) is 24.7. The molecule has 2 unspecified atom stereocenters. The second-order valence-electron chi connectivity index (χ2n) is 12.2. The number of ether oxygens (including phenoxy) is 1. The lowest BCUT2D eigenvalue weighted by molar-refractivity contribution is 0.0700. The van der Waals surface area contributed by atoms with E-state index in [4.69, 9.17) is 14.9 Å². The van der Waals surface area contributed by atoms with Crippen molar-refractivity contribution in [2.75, 3.05) is 13.7 Å². The van der Waals surface area contributed by atoms with Gasteiger partial charge in [-0.1, -0.05) is 12.1 Å². The number of nitrogens with zero attached hydrogens (tertiary/aromatic N) is 2. The third kappa shape index (κ3) is 3.39. The van der Waals surface area contributed by atoms with Crippen molar-refractivity contribution in [2.24, 2.45) is 17.6 Å². The number of methoxy groups -OCH3 is 1. The zero-order valence-corrected chi connectivity index (χ0v) is 22.2. The SMILES string of the molecule is COc1cc(C(=O)N2CC3CCC2[C@@H]3N)cc2oc(-c3cc4ccc(C5CC5)cc4n3CC3CC3)c(C)c12. The molecule has 2 aromatic heterocycles. The van der Waals surface area contributed by atoms with E-state index in [1.165, 1.54) is 42.1 Å². The number of rotatable bonds is 6. The zero-order chi connectivity index (χ0) is 25.7. The number of fused-ring (bicyclic) bond motifs is 4. The van der Waals surface area contributed by atoms with E-state index in [0.29, 0.717) is 22.8 Å². The summed E-state index contributed by atoms with van der Waals surface area (Å²) >= 11 is 0. The maximum absolute atomic E-state index is 13.6. The van der Waals surface area contributed by atoms with Crippen LogP contribution in [-0.2, 0) is 6.54 Å². The largest absolute Gasteiger partial charge is 0.496 e. The minimum Gasteiger partial charge on any atom is -0.496 e. The van der Waals surface area contributed by atoms with Gasteiger partial charge in [0.1, 0.15) is 11.3 Å². The highest BCUT2D eigenvalue weighted by atomic mass is 16.5. The number of benzene rings is 2. The third-order valence-electron chi connectivity index (χ3n) is 9.72. The summed E-state index contributed by atoms with van der Waals surface area (Å²) in [5.41, 5.74) is 12.7. The first kappa shape index (κ1) is 22.7. The number of aromatic nitrogens is 1. The number of hydrogen-bond donors (Lipinski definition) is 1. The van der Waals surface area contributed by atoms with Gasteiger partial charge in [0.05, 0.1) is 18.2 Å². The van der Waals surface area contributed by atoms with Crippen LogP contribution in [-0.4, -0.2) is 41.1 Å². The average Bonchev–Trinajstić information content (AvgIpc) is 3.84. The second kappa shape index (κ2) is 8.12. The van der Waals surface area contributed by atoms with Gasteiger partial charge < -0.3 is 24.4 Å². The Morgan fingerprint density at radius 1 is 1.08 bits per heavy atom. The fourth-order valence-electron chi connectivity index (χ4n) is 7.20. The van der Waals surface area contributed by atoms with Crippen LogP contribution >= 0.6 is 0 Å². The third-order valence-corrected chi connectivity index (χ3v) is 9.72. The van der Waals surface area contributed by atoms with Crippen molar-refractivity contribution in [3.63, 3.8) is 0 Å². The Balaban J connectivity index is 1.25. The molecule has 196 valence electrons. The number of amides is 1. The van der Waals surface area contributed by atoms with E-state index in [9.17, 15) is 4.79 Å². The lowest BCUT2D eigenvalue weighted by atomic mass is 10.0. The maximum atomic E-state index is 13.6. The smallest absolute Gasteiger partial charge is 0.254 e. The molecular weight excluding hydrogens is 474 g/mol. The molecule has 38 heavy (non-hydrogen) atoms. The van der Waals surface area contributed by atoms with E-state index in [-0.39, 0.29) is 18.0 Å². The number of piperidine rings is 1. The molecule has 2 bridgehead atoms. The molecule has 3 aliphatic carbocycles. The van der Waals surface area contributed by atoms with Crippen molar-refractivity contribution in [1.82, 2.24) is 9.47 Å². The standard InChI is InChI=1S/C32H35N3O3/c1-17-29-27(37-2)13-23(32(36)35-16-22-9-10-24(35)30(22)33)14-28(29)38-31(17)26-12-21-8-7-20(19-5-6-19)11-25(21)34(26)15-18-3-4-18/h7-8,11-14,18-19,22,24,30H,3-6,9-10,15-16,33H2,1-2H3/t22?,24?,30-/m1/s1. The van der Waals surface area contributed by atoms with Crippen molar-refractivity contribution in [2.45, 2.75) is 70.0 Å². The highest BCUT2D eigenvalue weighted by Crippen LogP contribution is 2.45. The molecule has 3 atom stereocenters. The van der Waals surface area contributed by atoms with Crippen molar-refractivity contribution in [3.8, 4) is 17.2 Å². The van der Waals surface area contributed by atoms with E-state index in [1.54, 1.807) is 7.11 Å². The van der Waals surface area contributed by atoms with Gasteiger partial charge in [-0.25, -0.2) is 0 Å². The summed E-state index contributed by atoms with van der Waals surface area (Å²) in [6, 6.07) is 13.3. The topological polar surface area (TPSA) is 73.6 Å². The Labute approximate surface area is 222 Å². The fourth-order valence-corrected chi connectivity index (χ4v) is 7.20. The average molecular weight is 510 g/mol. The molecule has 4 aromatic rings. The molecule has 0 radical (unpaired) electrons. The Kier molecular flexibility index (Phi) is 4.86. The number of carbonyl (C=O) groups excluding carboxylic acids is 1. The molecule has 1 saturated heterocycles. The number of hydrogen-bond acceptors (Lipinski definition) is 4. The summed E-state index contributed by atoms with van der Waals surface area (Å²) in [7, 11) is 1.67. The first-order valence-corrected chi connectivity index (χ1v) is 14.3. The number of nitrogens with two attached hydrogens (primary N) is 1. The van der Waals surface area contributed by atoms with Crippen LogP contribution in [0.1, 0.15) is 65.9 Å². The lowest BCUT2D eigenvalue weighted by Crippen LogP contribution is -2.41. The van der Waals surface area contributed by atoms with Gasteiger partial charge in [0.2, 0.25) is 0 Å². The van der Waals surface area contributed by atoms with Crippen LogP contribution in [0.5, 0.6) is 5.75 Å². The molecule has 1 amide bonds. The Hall–Kier alpha value is -3.25. The predicted molar refractivity (Wildman–Crippen MR) is 149 cm³/mol. The molecule has 0 spiro atoms. The van der Waals surface area contributed by atoms with Gasteiger partial charge in [0.15, 0.2) is 5.76 Å². The van der Waals surface area contributed by atoms with Gasteiger partial charge in [-0.2, -0.15) is 0 Å². The minimum atomic E-state index is 0.0268. The highest BCUT2D eigenvalue weighted by molar-refractivity contribution is 6.02. The van der Waals surface area contributed by atoms with Crippen molar-refractivity contribution < 1.29 is 13.9 Å². The van der Waals surface area contributed by atoms with E-state index in [0.717, 1.165) is 60.2 Å². The first-order chi connectivity index (χ1) is 18.5. The predicted octanol–water partition coefficient (Wildman–Crippen LogP) is 6.22. The molecule has 4 fully saturated rings. The number of furan rings is 1. The first-order valence-electron chi connectivity index (χ1n) is 14.3. The van der Waals surface area contributed by atoms with E-state index >= 15 is 0 Å². The highest BCUT2D eigenvalue weighted by Gasteiger charge is 2.47. The molecule has 8 rings (SSSR count). The Bertz CT molecular complexity index is 1610. The number of likely N-dealkylation sites (tertiary alicyclic amines) is 1. The summed E-state index contributed by atoms with van der Waals surface area (Å²) in [4.78, 5) is 15.6. The van der Waals surface area contributed by atoms with Crippen molar-refractivity contribution in [1.29, 1.82) is 0 Å². The minimum absolute atomic E-state index is 0.0268. The van der Waals surface area contributed by atoms with Crippen LogP contribution in [0, 0.1) is 18.8 Å². The van der Waals surface area contributed by atoms with Crippen LogP contribution in [0.15, 0.2) is 40.8 Å². The summed E-state index contributed by atoms with van der Waals surface area (Å²) in [5, 5.41) is 2.20. The summed E-state index contributed by atoms with van der Waals surface area (Å²) in [6.07, 6.45) is 7.31. The Morgan fingerprint density at radius 2 is 1.92 bits per heavy atom. The van der Waals surface area contributed by atoms with Gasteiger partial charge >= 0.3 is 0 Å². The van der Waals surface area contributed by atoms with Gasteiger partial charge in [-0.15, -0.1) is 0 Å². The quantitative estimate of drug-likeness (QED) is 0.335. The second-order valence-corrected chi connectivity index (χ2v) is 12.2. The number of aryl methyl sites for hydroxylation is 1. The number of carbonyl (C=O) groups is 1. The summed E-state index contributed by atoms with van der Waals surface area (Å²) in [5.74, 6) is 3.46. The molecule has 6 nitrogen and oxygen atoms in total. The summed E-state index contributed by atoms with van der Waals surface area (Å²) < 4.78 is 15.0. The van der Waals surface area contributed by atoms with Gasteiger partial charge in [0, 0.05) is 47.2 Å². The van der Waals surface area contributed by atoms with Crippen LogP contribution in [0.4, 0.5) is 0 Å². The molecule has 4 aliphatic rings. The molecule has 3 saturated carbocycles. The zero-order valence-electron chi connectivity index (χ0n) is 22.2. The molecule has 6 heteroatoms. The molecule has 2 aromatic carbocycles. The van der Waals surface area contributed by atoms with E-state index in [1.807, 2.05) is 17.0 Å². The van der Waals surface area contributed by atoms with Crippen LogP contribution in [0.2, 0.25) is 0 Å². The van der Waals surface area contributed by atoms with Gasteiger partial charge in [0.25, 0.3) is 5.91 Å². The Morgan fingerprint density at radius 3 is 2.61 bits per heavy atom.